The van der Waals surface area contributed by atoms with Crippen LogP contribution in [0, 0.1) is 16.7 Å². The second-order valence-electron chi connectivity index (χ2n) is 9.16. The molecular formula is C22H26O7. The van der Waals surface area contributed by atoms with Crippen molar-refractivity contribution < 1.29 is 34.1 Å². The van der Waals surface area contributed by atoms with Gasteiger partial charge in [-0.05, 0) is 31.4 Å². The van der Waals surface area contributed by atoms with Crippen LogP contribution in [0.5, 0.6) is 0 Å². The van der Waals surface area contributed by atoms with E-state index in [0.29, 0.717) is 5.56 Å². The van der Waals surface area contributed by atoms with E-state index in [0.717, 1.165) is 0 Å². The zero-order valence-electron chi connectivity index (χ0n) is 16.8. The Morgan fingerprint density at radius 3 is 2.45 bits per heavy atom. The molecule has 2 saturated carbocycles. The maximum atomic E-state index is 12.9. The molecule has 7 nitrogen and oxygen atoms in total. The predicted molar refractivity (Wildman–Crippen MR) is 101 cm³/mol. The number of hydrogen-bond donors (Lipinski definition) is 2. The Morgan fingerprint density at radius 2 is 1.79 bits per heavy atom. The van der Waals surface area contributed by atoms with E-state index in [4.69, 9.17) is 9.47 Å². The predicted octanol–water partition coefficient (Wildman–Crippen LogP) is 1.65. The highest BCUT2D eigenvalue weighted by Gasteiger charge is 2.81. The average molecular weight is 402 g/mol. The number of ether oxygens (including phenoxy) is 2. The van der Waals surface area contributed by atoms with Crippen molar-refractivity contribution in [1.82, 2.24) is 0 Å². The van der Waals surface area contributed by atoms with Crippen LogP contribution >= 0.6 is 0 Å². The third-order valence-corrected chi connectivity index (χ3v) is 7.91. The lowest BCUT2D eigenvalue weighted by molar-refractivity contribution is -0.271. The summed E-state index contributed by atoms with van der Waals surface area (Å²) in [5.74, 6) is -1.87. The molecule has 4 rings (SSSR count). The van der Waals surface area contributed by atoms with Crippen molar-refractivity contribution in [3.8, 4) is 0 Å². The number of carbonyl (C=O) groups is 3. The minimum Gasteiger partial charge on any atom is -0.465 e. The number of benzene rings is 1. The second kappa shape index (κ2) is 6.12. The summed E-state index contributed by atoms with van der Waals surface area (Å²) in [6, 6.07) is 8.42. The molecule has 2 bridgehead atoms. The Labute approximate surface area is 169 Å². The van der Waals surface area contributed by atoms with Crippen LogP contribution in [0.25, 0.3) is 0 Å². The van der Waals surface area contributed by atoms with Crippen LogP contribution in [-0.2, 0) is 19.1 Å². The van der Waals surface area contributed by atoms with Crippen LogP contribution in [0.15, 0.2) is 30.3 Å². The van der Waals surface area contributed by atoms with Crippen molar-refractivity contribution in [2.75, 3.05) is 6.61 Å². The minimum absolute atomic E-state index is 0.165. The summed E-state index contributed by atoms with van der Waals surface area (Å²) in [4.78, 5) is 38.1. The summed E-state index contributed by atoms with van der Waals surface area (Å²) < 4.78 is 11.1. The fourth-order valence-corrected chi connectivity index (χ4v) is 5.83. The molecule has 1 aromatic carbocycles. The fraction of sp³-hybridized carbons (Fsp3) is 0.591. The number of Topliss-reactive ketones (excluding diaryl/α,β-unsaturated/α-hetero) is 1. The van der Waals surface area contributed by atoms with Gasteiger partial charge in [-0.2, -0.15) is 0 Å². The number of rotatable bonds is 2. The summed E-state index contributed by atoms with van der Waals surface area (Å²) >= 11 is 0. The van der Waals surface area contributed by atoms with Crippen LogP contribution in [0.4, 0.5) is 0 Å². The quantitative estimate of drug-likeness (QED) is 0.724. The van der Waals surface area contributed by atoms with Crippen molar-refractivity contribution in [3.63, 3.8) is 0 Å². The highest BCUT2D eigenvalue weighted by atomic mass is 16.6. The van der Waals surface area contributed by atoms with Crippen LogP contribution < -0.4 is 0 Å². The second-order valence-corrected chi connectivity index (χ2v) is 9.16. The number of aliphatic hydroxyl groups is 2. The third-order valence-electron chi connectivity index (χ3n) is 7.91. The van der Waals surface area contributed by atoms with E-state index in [1.165, 1.54) is 6.92 Å². The summed E-state index contributed by atoms with van der Waals surface area (Å²) in [5, 5.41) is 23.3. The van der Waals surface area contributed by atoms with Crippen molar-refractivity contribution in [1.29, 1.82) is 0 Å². The minimum atomic E-state index is -1.95. The van der Waals surface area contributed by atoms with Crippen LogP contribution in [0.1, 0.15) is 50.4 Å². The highest BCUT2D eigenvalue weighted by Crippen LogP contribution is 2.69. The van der Waals surface area contributed by atoms with Crippen LogP contribution in [-0.4, -0.2) is 51.8 Å². The number of esters is 2. The van der Waals surface area contributed by atoms with Crippen LogP contribution in [0.2, 0.25) is 0 Å². The standard InChI is InChI=1S/C22H26O7/c1-13-9-16(29-18(25)14-7-5-4-6-8-14)22(27)19(2)12-28-17(24)11-21(13,22)10-15(23)20(19,3)26/h4-8,13,16,26-27H,9-12H2,1-3H3/t13-,16-,19-,20+,21-,22+/m1/s1. The molecule has 7 heteroatoms. The molecule has 1 heterocycles. The van der Waals surface area contributed by atoms with Gasteiger partial charge in [0.1, 0.15) is 23.9 Å². The molecule has 1 aliphatic heterocycles. The monoisotopic (exact) mass is 402 g/mol. The zero-order valence-corrected chi connectivity index (χ0v) is 16.8. The number of carbonyl (C=O) groups excluding carboxylic acids is 3. The van der Waals surface area contributed by atoms with Crippen molar-refractivity contribution in [2.45, 2.75) is 57.3 Å². The molecule has 2 N–H and O–H groups in total. The zero-order chi connectivity index (χ0) is 21.2. The Morgan fingerprint density at radius 1 is 1.14 bits per heavy atom. The Balaban J connectivity index is 1.84. The molecule has 1 saturated heterocycles. The molecule has 29 heavy (non-hydrogen) atoms. The molecule has 0 spiro atoms. The van der Waals surface area contributed by atoms with Crippen molar-refractivity contribution in [2.24, 2.45) is 16.7 Å². The highest BCUT2D eigenvalue weighted by molar-refractivity contribution is 5.92. The van der Waals surface area contributed by atoms with Gasteiger partial charge in [0.2, 0.25) is 0 Å². The lowest BCUT2D eigenvalue weighted by atomic mass is 9.46. The van der Waals surface area contributed by atoms with E-state index < -0.39 is 45.9 Å². The maximum Gasteiger partial charge on any atom is 0.338 e. The molecule has 1 aromatic rings. The van der Waals surface area contributed by atoms with Gasteiger partial charge < -0.3 is 19.7 Å². The van der Waals surface area contributed by atoms with E-state index in [9.17, 15) is 24.6 Å². The van der Waals surface area contributed by atoms with Gasteiger partial charge in [-0.3, -0.25) is 9.59 Å². The fourth-order valence-electron chi connectivity index (χ4n) is 5.83. The molecule has 156 valence electrons. The molecular weight excluding hydrogens is 376 g/mol. The molecule has 3 aliphatic rings. The number of ketones is 1. The van der Waals surface area contributed by atoms with Gasteiger partial charge in [-0.1, -0.05) is 32.0 Å². The Kier molecular flexibility index (Phi) is 4.23. The summed E-state index contributed by atoms with van der Waals surface area (Å²) in [7, 11) is 0. The van der Waals surface area contributed by atoms with Crippen molar-refractivity contribution >= 4 is 17.7 Å². The number of cyclic esters (lactones) is 1. The van der Waals surface area contributed by atoms with Gasteiger partial charge >= 0.3 is 11.9 Å². The van der Waals surface area contributed by atoms with E-state index >= 15 is 0 Å². The largest absolute Gasteiger partial charge is 0.465 e. The van der Waals surface area contributed by atoms with Gasteiger partial charge in [0, 0.05) is 11.8 Å². The first-order valence-corrected chi connectivity index (χ1v) is 9.89. The van der Waals surface area contributed by atoms with Gasteiger partial charge in [0.05, 0.1) is 17.4 Å². The van der Waals surface area contributed by atoms with E-state index in [-0.39, 0.29) is 31.8 Å². The molecule has 0 aromatic heterocycles. The van der Waals surface area contributed by atoms with Crippen molar-refractivity contribution in [3.05, 3.63) is 35.9 Å². The van der Waals surface area contributed by atoms with Gasteiger partial charge in [0.15, 0.2) is 5.78 Å². The van der Waals surface area contributed by atoms with E-state index in [2.05, 4.69) is 0 Å². The first kappa shape index (κ1) is 20.0. The molecule has 0 radical (unpaired) electrons. The third kappa shape index (κ3) is 2.34. The van der Waals surface area contributed by atoms with Gasteiger partial charge in [-0.25, -0.2) is 4.79 Å². The lowest BCUT2D eigenvalue weighted by Crippen LogP contribution is -2.76. The van der Waals surface area contributed by atoms with E-state index in [1.807, 2.05) is 6.92 Å². The van der Waals surface area contributed by atoms with Crippen LogP contribution in [0.3, 0.4) is 0 Å². The van der Waals surface area contributed by atoms with Gasteiger partial charge in [0.25, 0.3) is 0 Å². The normalized spacial score (nSPS) is 43.9. The summed E-state index contributed by atoms with van der Waals surface area (Å²) in [6.45, 7) is 4.39. The first-order chi connectivity index (χ1) is 13.5. The smallest absolute Gasteiger partial charge is 0.338 e. The lowest BCUT2D eigenvalue weighted by Gasteiger charge is -2.61. The topological polar surface area (TPSA) is 110 Å². The molecule has 6 atom stereocenters. The molecule has 2 aliphatic carbocycles. The number of hydrogen-bond acceptors (Lipinski definition) is 7. The molecule has 0 unspecified atom stereocenters. The SMILES string of the molecule is C[C@@H]1C[C@@H](OC(=O)c2ccccc2)[C@@]2(O)[C@]13CC(=O)OC[C@]2(C)[C@@](C)(O)C(=O)C3. The average Bonchev–Trinajstić information content (AvgIpc) is 2.83. The molecule has 0 amide bonds. The Bertz CT molecular complexity index is 878. The first-order valence-electron chi connectivity index (χ1n) is 9.89. The molecule has 3 fully saturated rings. The maximum absolute atomic E-state index is 12.9. The summed E-state index contributed by atoms with van der Waals surface area (Å²) in [6.07, 6.45) is -1.06. The summed E-state index contributed by atoms with van der Waals surface area (Å²) in [5.41, 5.74) is -6.13. The van der Waals surface area contributed by atoms with Gasteiger partial charge in [-0.15, -0.1) is 0 Å². The Hall–Kier alpha value is -2.25. The van der Waals surface area contributed by atoms with E-state index in [1.54, 1.807) is 37.3 Å².